The van der Waals surface area contributed by atoms with Gasteiger partial charge in [-0.1, -0.05) is 12.1 Å². The number of hydrogen-bond donors (Lipinski definition) is 3. The van der Waals surface area contributed by atoms with Gasteiger partial charge in [0.15, 0.2) is 0 Å². The smallest absolute Gasteiger partial charge is 0.308 e. The second kappa shape index (κ2) is 6.22. The van der Waals surface area contributed by atoms with Gasteiger partial charge in [0.1, 0.15) is 6.10 Å². The Kier molecular flexibility index (Phi) is 4.93. The first kappa shape index (κ1) is 13.5. The maximum Gasteiger partial charge on any atom is 0.308 e. The molecule has 0 spiro atoms. The molecular formula is C12H17NO4. The number of aliphatic hydroxyl groups excluding tert-OH is 2. The Morgan fingerprint density at radius 3 is 2.76 bits per heavy atom. The van der Waals surface area contributed by atoms with Crippen LogP contribution in [0.3, 0.4) is 0 Å². The molecule has 3 N–H and O–H groups in total. The minimum absolute atomic E-state index is 0.235. The fourth-order valence-electron chi connectivity index (χ4n) is 1.47. The lowest BCUT2D eigenvalue weighted by Crippen LogP contribution is -2.22. The molecule has 0 aromatic heterocycles. The SMILES string of the molecule is CNc1cccc(C(O)C(O)CC(=O)OC)c1. The Hall–Kier alpha value is -1.59. The molecule has 0 amide bonds. The van der Waals surface area contributed by atoms with Gasteiger partial charge in [-0.2, -0.15) is 0 Å². The summed E-state index contributed by atoms with van der Waals surface area (Å²) in [6.45, 7) is 0. The van der Waals surface area contributed by atoms with Gasteiger partial charge in [-0.15, -0.1) is 0 Å². The average Bonchev–Trinajstić information content (AvgIpc) is 2.37. The third kappa shape index (κ3) is 3.72. The van der Waals surface area contributed by atoms with Gasteiger partial charge in [-0.3, -0.25) is 4.79 Å². The van der Waals surface area contributed by atoms with Gasteiger partial charge in [0, 0.05) is 12.7 Å². The van der Waals surface area contributed by atoms with Gasteiger partial charge in [0.2, 0.25) is 0 Å². The second-order valence-electron chi connectivity index (χ2n) is 3.67. The van der Waals surface area contributed by atoms with Crippen molar-refractivity contribution in [3.05, 3.63) is 29.8 Å². The average molecular weight is 239 g/mol. The number of benzene rings is 1. The largest absolute Gasteiger partial charge is 0.469 e. The molecule has 2 unspecified atom stereocenters. The van der Waals surface area contributed by atoms with Crippen LogP contribution >= 0.6 is 0 Å². The first-order valence-electron chi connectivity index (χ1n) is 5.29. The molecule has 0 bridgehead atoms. The Morgan fingerprint density at radius 2 is 2.18 bits per heavy atom. The number of anilines is 1. The monoisotopic (exact) mass is 239 g/mol. The van der Waals surface area contributed by atoms with Crippen LogP contribution in [0.2, 0.25) is 0 Å². The van der Waals surface area contributed by atoms with Crippen LogP contribution in [0.1, 0.15) is 18.1 Å². The van der Waals surface area contributed by atoms with Gasteiger partial charge in [0.05, 0.1) is 19.6 Å². The van der Waals surface area contributed by atoms with Gasteiger partial charge >= 0.3 is 5.97 Å². The third-order valence-corrected chi connectivity index (χ3v) is 2.48. The number of rotatable bonds is 5. The lowest BCUT2D eigenvalue weighted by Gasteiger charge is -2.17. The number of methoxy groups -OCH3 is 1. The summed E-state index contributed by atoms with van der Waals surface area (Å²) in [6, 6.07) is 7.00. The zero-order valence-electron chi connectivity index (χ0n) is 9.88. The molecule has 5 nitrogen and oxygen atoms in total. The molecule has 5 heteroatoms. The van der Waals surface area contributed by atoms with Crippen molar-refractivity contribution >= 4 is 11.7 Å². The molecule has 0 saturated carbocycles. The van der Waals surface area contributed by atoms with E-state index in [0.29, 0.717) is 5.56 Å². The summed E-state index contributed by atoms with van der Waals surface area (Å²) in [6.07, 6.45) is -2.52. The van der Waals surface area contributed by atoms with Gasteiger partial charge < -0.3 is 20.3 Å². The molecule has 0 fully saturated rings. The van der Waals surface area contributed by atoms with Gasteiger partial charge in [0.25, 0.3) is 0 Å². The van der Waals surface area contributed by atoms with Crippen molar-refractivity contribution in [3.63, 3.8) is 0 Å². The second-order valence-corrected chi connectivity index (χ2v) is 3.67. The summed E-state index contributed by atoms with van der Waals surface area (Å²) in [5.74, 6) is -0.554. The lowest BCUT2D eigenvalue weighted by atomic mass is 10.0. The van der Waals surface area contributed by atoms with Crippen molar-refractivity contribution in [2.75, 3.05) is 19.5 Å². The van der Waals surface area contributed by atoms with Crippen molar-refractivity contribution < 1.29 is 19.7 Å². The predicted octanol–water partition coefficient (Wildman–Crippen LogP) is 0.686. The lowest BCUT2D eigenvalue weighted by molar-refractivity contribution is -0.144. The summed E-state index contributed by atoms with van der Waals surface area (Å²) in [5.41, 5.74) is 1.38. The van der Waals surface area contributed by atoms with Gasteiger partial charge in [-0.05, 0) is 17.7 Å². The molecule has 0 aliphatic heterocycles. The van der Waals surface area contributed by atoms with E-state index in [4.69, 9.17) is 0 Å². The molecule has 94 valence electrons. The maximum absolute atomic E-state index is 11.0. The molecule has 0 radical (unpaired) electrons. The van der Waals surface area contributed by atoms with Crippen LogP contribution in [0.4, 0.5) is 5.69 Å². The van der Waals surface area contributed by atoms with E-state index in [1.807, 2.05) is 6.07 Å². The maximum atomic E-state index is 11.0. The first-order chi connectivity index (χ1) is 8.08. The quantitative estimate of drug-likeness (QED) is 0.659. The van der Waals surface area contributed by atoms with Gasteiger partial charge in [-0.25, -0.2) is 0 Å². The Bertz CT molecular complexity index is 381. The fourth-order valence-corrected chi connectivity index (χ4v) is 1.47. The zero-order valence-corrected chi connectivity index (χ0v) is 9.88. The highest BCUT2D eigenvalue weighted by Crippen LogP contribution is 2.21. The molecule has 1 aromatic carbocycles. The minimum Gasteiger partial charge on any atom is -0.469 e. The van der Waals surface area contributed by atoms with Crippen molar-refractivity contribution in [1.82, 2.24) is 0 Å². The zero-order chi connectivity index (χ0) is 12.8. The van der Waals surface area contributed by atoms with E-state index in [0.717, 1.165) is 5.69 Å². The summed E-state index contributed by atoms with van der Waals surface area (Å²) >= 11 is 0. The number of ether oxygens (including phenoxy) is 1. The van der Waals surface area contributed by atoms with E-state index >= 15 is 0 Å². The molecule has 17 heavy (non-hydrogen) atoms. The van der Waals surface area contributed by atoms with Crippen LogP contribution < -0.4 is 5.32 Å². The van der Waals surface area contributed by atoms with Crippen LogP contribution in [-0.2, 0) is 9.53 Å². The van der Waals surface area contributed by atoms with Crippen LogP contribution in [0.25, 0.3) is 0 Å². The van der Waals surface area contributed by atoms with E-state index < -0.39 is 18.2 Å². The summed E-state index contributed by atoms with van der Waals surface area (Å²) in [4.78, 5) is 11.0. The third-order valence-electron chi connectivity index (χ3n) is 2.48. The standard InChI is InChI=1S/C12H17NO4/c1-13-9-5-3-4-8(6-9)12(16)10(14)7-11(15)17-2/h3-6,10,12-14,16H,7H2,1-2H3. The Balaban J connectivity index is 2.73. The molecule has 0 heterocycles. The highest BCUT2D eigenvalue weighted by Gasteiger charge is 2.21. The van der Waals surface area contributed by atoms with E-state index in [9.17, 15) is 15.0 Å². The number of carbonyl (C=O) groups excluding carboxylic acids is 1. The first-order valence-corrected chi connectivity index (χ1v) is 5.29. The molecule has 0 aliphatic carbocycles. The topological polar surface area (TPSA) is 78.8 Å². The molecule has 1 rings (SSSR count). The predicted molar refractivity (Wildman–Crippen MR) is 63.6 cm³/mol. The summed E-state index contributed by atoms with van der Waals surface area (Å²) < 4.78 is 4.43. The van der Waals surface area contributed by atoms with Crippen LogP contribution in [0, 0.1) is 0 Å². The Morgan fingerprint density at radius 1 is 1.47 bits per heavy atom. The fraction of sp³-hybridized carbons (Fsp3) is 0.417. The number of aliphatic hydroxyl groups is 2. The molecule has 2 atom stereocenters. The van der Waals surface area contributed by atoms with Crippen molar-refractivity contribution in [2.45, 2.75) is 18.6 Å². The van der Waals surface area contributed by atoms with E-state index in [1.54, 1.807) is 25.2 Å². The minimum atomic E-state index is -1.17. The van der Waals surface area contributed by atoms with Crippen LogP contribution in [0.15, 0.2) is 24.3 Å². The van der Waals surface area contributed by atoms with Crippen LogP contribution in [-0.4, -0.2) is 36.4 Å². The van der Waals surface area contributed by atoms with Crippen molar-refractivity contribution in [3.8, 4) is 0 Å². The van der Waals surface area contributed by atoms with E-state index in [-0.39, 0.29) is 6.42 Å². The van der Waals surface area contributed by atoms with Crippen molar-refractivity contribution in [2.24, 2.45) is 0 Å². The highest BCUT2D eigenvalue weighted by atomic mass is 16.5. The van der Waals surface area contributed by atoms with Crippen molar-refractivity contribution in [1.29, 1.82) is 0 Å². The number of hydrogen-bond acceptors (Lipinski definition) is 5. The highest BCUT2D eigenvalue weighted by molar-refractivity contribution is 5.69. The number of nitrogens with one attached hydrogen (secondary N) is 1. The molecule has 0 aliphatic rings. The Labute approximate surface area is 100 Å². The van der Waals surface area contributed by atoms with E-state index in [1.165, 1.54) is 7.11 Å². The number of esters is 1. The molecule has 0 saturated heterocycles. The number of carbonyl (C=O) groups is 1. The molecular weight excluding hydrogens is 222 g/mol. The summed E-state index contributed by atoms with van der Waals surface area (Å²) in [5, 5.41) is 22.5. The normalized spacial score (nSPS) is 13.9. The summed E-state index contributed by atoms with van der Waals surface area (Å²) in [7, 11) is 3.00. The van der Waals surface area contributed by atoms with E-state index in [2.05, 4.69) is 10.1 Å². The molecule has 1 aromatic rings. The van der Waals surface area contributed by atoms with Crippen LogP contribution in [0.5, 0.6) is 0 Å².